The lowest BCUT2D eigenvalue weighted by Gasteiger charge is -2.17. The van der Waals surface area contributed by atoms with E-state index >= 15 is 0 Å². The van der Waals surface area contributed by atoms with E-state index in [0.717, 1.165) is 12.3 Å². The van der Waals surface area contributed by atoms with Crippen molar-refractivity contribution in [1.29, 1.82) is 0 Å². The first kappa shape index (κ1) is 13.9. The molecule has 2 rings (SSSR count). The molecule has 102 valence electrons. The lowest BCUT2D eigenvalue weighted by molar-refractivity contribution is 0.415. The number of benzene rings is 2. The predicted molar refractivity (Wildman–Crippen MR) is 81.6 cm³/mol. The maximum Gasteiger partial charge on any atom is 0.119 e. The summed E-state index contributed by atoms with van der Waals surface area (Å²) in [6, 6.07) is 13.3. The zero-order valence-corrected chi connectivity index (χ0v) is 12.2. The Labute approximate surface area is 115 Å². The van der Waals surface area contributed by atoms with Crippen LogP contribution in [0.4, 0.5) is 0 Å². The Morgan fingerprint density at radius 3 is 2.37 bits per heavy atom. The van der Waals surface area contributed by atoms with Gasteiger partial charge in [-0.05, 0) is 47.4 Å². The second kappa shape index (κ2) is 6.07. The van der Waals surface area contributed by atoms with Gasteiger partial charge < -0.3 is 10.1 Å². The zero-order valence-electron chi connectivity index (χ0n) is 12.2. The van der Waals surface area contributed by atoms with Crippen LogP contribution in [0.5, 0.6) is 5.75 Å². The topological polar surface area (TPSA) is 21.3 Å². The molecule has 0 spiro atoms. The highest BCUT2D eigenvalue weighted by molar-refractivity contribution is 5.84. The lowest BCUT2D eigenvalue weighted by Crippen LogP contribution is -2.30. The van der Waals surface area contributed by atoms with Gasteiger partial charge in [-0.25, -0.2) is 0 Å². The van der Waals surface area contributed by atoms with Crippen molar-refractivity contribution in [2.75, 3.05) is 7.11 Å². The van der Waals surface area contributed by atoms with Crippen LogP contribution in [0.2, 0.25) is 0 Å². The number of fused-ring (bicyclic) bond motifs is 1. The van der Waals surface area contributed by atoms with E-state index < -0.39 is 0 Å². The van der Waals surface area contributed by atoms with Crippen molar-refractivity contribution in [2.24, 2.45) is 5.92 Å². The summed E-state index contributed by atoms with van der Waals surface area (Å²) in [7, 11) is 1.70. The quantitative estimate of drug-likeness (QED) is 0.874. The van der Waals surface area contributed by atoms with Gasteiger partial charge in [0.2, 0.25) is 0 Å². The first-order chi connectivity index (χ1) is 9.10. The normalized spacial score (nSPS) is 12.9. The average Bonchev–Trinajstić information content (AvgIpc) is 2.43. The van der Waals surface area contributed by atoms with Crippen LogP contribution >= 0.6 is 0 Å². The molecule has 0 saturated heterocycles. The molecular formula is C17H23NO. The van der Waals surface area contributed by atoms with Gasteiger partial charge in [0.15, 0.2) is 0 Å². The van der Waals surface area contributed by atoms with Crippen LogP contribution in [-0.4, -0.2) is 13.2 Å². The highest BCUT2D eigenvalue weighted by Gasteiger charge is 2.06. The Bertz CT molecular complexity index is 548. The molecule has 1 N–H and O–H groups in total. The van der Waals surface area contributed by atoms with E-state index in [1.165, 1.54) is 16.3 Å². The maximum absolute atomic E-state index is 5.25. The second-order valence-electron chi connectivity index (χ2n) is 5.46. The molecule has 0 aromatic heterocycles. The van der Waals surface area contributed by atoms with Gasteiger partial charge in [0.25, 0.3) is 0 Å². The minimum absolute atomic E-state index is 0.534. The molecule has 2 heteroatoms. The molecule has 0 aliphatic heterocycles. The van der Waals surface area contributed by atoms with E-state index in [1.54, 1.807) is 7.11 Å². The van der Waals surface area contributed by atoms with Crippen LogP contribution in [0.3, 0.4) is 0 Å². The Balaban J connectivity index is 2.13. The van der Waals surface area contributed by atoms with E-state index in [0.29, 0.717) is 12.0 Å². The number of rotatable bonds is 5. The largest absolute Gasteiger partial charge is 0.497 e. The van der Waals surface area contributed by atoms with E-state index in [-0.39, 0.29) is 0 Å². The number of hydrogen-bond donors (Lipinski definition) is 1. The van der Waals surface area contributed by atoms with Crippen molar-refractivity contribution in [2.45, 2.75) is 33.4 Å². The Kier molecular flexibility index (Phi) is 4.43. The molecule has 2 aromatic carbocycles. The SMILES string of the molecule is COc1ccc2cc(CNC(C)C(C)C)ccc2c1. The molecule has 0 saturated carbocycles. The van der Waals surface area contributed by atoms with Gasteiger partial charge in [0, 0.05) is 12.6 Å². The van der Waals surface area contributed by atoms with Crippen molar-refractivity contribution in [1.82, 2.24) is 5.32 Å². The minimum atomic E-state index is 0.534. The summed E-state index contributed by atoms with van der Waals surface area (Å²) in [6.07, 6.45) is 0. The van der Waals surface area contributed by atoms with Crippen LogP contribution in [0, 0.1) is 5.92 Å². The third-order valence-corrected chi connectivity index (χ3v) is 3.74. The van der Waals surface area contributed by atoms with Gasteiger partial charge in [0.05, 0.1) is 7.11 Å². The molecule has 0 fully saturated rings. The summed E-state index contributed by atoms with van der Waals surface area (Å²) in [4.78, 5) is 0. The number of ether oxygens (including phenoxy) is 1. The van der Waals surface area contributed by atoms with Crippen molar-refractivity contribution < 1.29 is 4.74 Å². The molecule has 2 nitrogen and oxygen atoms in total. The van der Waals surface area contributed by atoms with Gasteiger partial charge in [-0.2, -0.15) is 0 Å². The van der Waals surface area contributed by atoms with Crippen LogP contribution in [0.25, 0.3) is 10.8 Å². The fourth-order valence-corrected chi connectivity index (χ4v) is 2.02. The van der Waals surface area contributed by atoms with Gasteiger partial charge in [-0.15, -0.1) is 0 Å². The molecule has 0 bridgehead atoms. The monoisotopic (exact) mass is 257 g/mol. The smallest absolute Gasteiger partial charge is 0.119 e. The third-order valence-electron chi connectivity index (χ3n) is 3.74. The summed E-state index contributed by atoms with van der Waals surface area (Å²) >= 11 is 0. The molecular weight excluding hydrogens is 234 g/mol. The summed E-state index contributed by atoms with van der Waals surface area (Å²) < 4.78 is 5.25. The molecule has 0 radical (unpaired) electrons. The van der Waals surface area contributed by atoms with Gasteiger partial charge >= 0.3 is 0 Å². The highest BCUT2D eigenvalue weighted by Crippen LogP contribution is 2.21. The second-order valence-corrected chi connectivity index (χ2v) is 5.46. The van der Waals surface area contributed by atoms with Gasteiger partial charge in [0.1, 0.15) is 5.75 Å². The summed E-state index contributed by atoms with van der Waals surface area (Å²) in [5.74, 6) is 1.57. The van der Waals surface area contributed by atoms with Crippen molar-refractivity contribution >= 4 is 10.8 Å². The molecule has 1 atom stereocenters. The van der Waals surface area contributed by atoms with Gasteiger partial charge in [-0.3, -0.25) is 0 Å². The van der Waals surface area contributed by atoms with E-state index in [4.69, 9.17) is 4.74 Å². The molecule has 19 heavy (non-hydrogen) atoms. The number of hydrogen-bond acceptors (Lipinski definition) is 2. The average molecular weight is 257 g/mol. The first-order valence-electron chi connectivity index (χ1n) is 6.90. The van der Waals surface area contributed by atoms with Crippen molar-refractivity contribution in [3.05, 3.63) is 42.0 Å². The maximum atomic E-state index is 5.25. The van der Waals surface area contributed by atoms with Crippen molar-refractivity contribution in [3.8, 4) is 5.75 Å². The molecule has 0 amide bonds. The van der Waals surface area contributed by atoms with Crippen LogP contribution in [0.15, 0.2) is 36.4 Å². The molecule has 0 aliphatic carbocycles. The number of methoxy groups -OCH3 is 1. The Hall–Kier alpha value is -1.54. The summed E-state index contributed by atoms with van der Waals surface area (Å²) in [6.45, 7) is 7.63. The predicted octanol–water partition coefficient (Wildman–Crippen LogP) is 3.98. The standard InChI is InChI=1S/C17H23NO/c1-12(2)13(3)18-11-14-5-6-16-10-17(19-4)8-7-15(16)9-14/h5-10,12-13,18H,11H2,1-4H3. The lowest BCUT2D eigenvalue weighted by atomic mass is 10.0. The Morgan fingerprint density at radius 1 is 1.00 bits per heavy atom. The fraction of sp³-hybridized carbons (Fsp3) is 0.412. The molecule has 2 aromatic rings. The summed E-state index contributed by atoms with van der Waals surface area (Å²) in [5, 5.41) is 6.04. The van der Waals surface area contributed by atoms with Crippen LogP contribution in [-0.2, 0) is 6.54 Å². The van der Waals surface area contributed by atoms with Crippen LogP contribution < -0.4 is 10.1 Å². The van der Waals surface area contributed by atoms with Crippen molar-refractivity contribution in [3.63, 3.8) is 0 Å². The molecule has 0 aliphatic rings. The van der Waals surface area contributed by atoms with E-state index in [9.17, 15) is 0 Å². The fourth-order valence-electron chi connectivity index (χ4n) is 2.02. The third kappa shape index (κ3) is 3.48. The van der Waals surface area contributed by atoms with Crippen LogP contribution in [0.1, 0.15) is 26.3 Å². The number of nitrogens with one attached hydrogen (secondary N) is 1. The molecule has 1 unspecified atom stereocenters. The van der Waals surface area contributed by atoms with Gasteiger partial charge in [-0.1, -0.05) is 32.0 Å². The molecule has 0 heterocycles. The first-order valence-corrected chi connectivity index (χ1v) is 6.90. The Morgan fingerprint density at radius 2 is 1.68 bits per heavy atom. The minimum Gasteiger partial charge on any atom is -0.497 e. The van der Waals surface area contributed by atoms with E-state index in [2.05, 4.69) is 56.4 Å². The summed E-state index contributed by atoms with van der Waals surface area (Å²) in [5.41, 5.74) is 1.32. The van der Waals surface area contributed by atoms with E-state index in [1.807, 2.05) is 6.07 Å². The zero-order chi connectivity index (χ0) is 13.8. The highest BCUT2D eigenvalue weighted by atomic mass is 16.5.